The topological polar surface area (TPSA) is 12.0 Å². The van der Waals surface area contributed by atoms with Gasteiger partial charge in [-0.15, -0.1) is 11.8 Å². The summed E-state index contributed by atoms with van der Waals surface area (Å²) in [6.07, 6.45) is 0. The molecule has 0 bridgehead atoms. The van der Waals surface area contributed by atoms with Gasteiger partial charge in [0.15, 0.2) is 0 Å². The molecule has 0 aromatic heterocycles. The van der Waals surface area contributed by atoms with Crippen LogP contribution in [0, 0.1) is 5.82 Å². The third-order valence-corrected chi connectivity index (χ3v) is 3.97. The van der Waals surface area contributed by atoms with Gasteiger partial charge in [-0.1, -0.05) is 29.8 Å². The molecule has 0 saturated carbocycles. The molecule has 2 aromatic rings. The number of hydrogen-bond acceptors (Lipinski definition) is 2. The molecule has 0 aliphatic rings. The molecule has 0 aliphatic heterocycles. The summed E-state index contributed by atoms with van der Waals surface area (Å²) in [7, 11) is 1.92. The maximum absolute atomic E-state index is 13.6. The molecular formula is C15H15ClFNS. The summed E-state index contributed by atoms with van der Waals surface area (Å²) in [5, 5.41) is 3.55. The van der Waals surface area contributed by atoms with E-state index < -0.39 is 0 Å². The highest BCUT2D eigenvalue weighted by Crippen LogP contribution is 2.26. The zero-order valence-corrected chi connectivity index (χ0v) is 12.2. The van der Waals surface area contributed by atoms with E-state index in [4.69, 9.17) is 11.6 Å². The van der Waals surface area contributed by atoms with Crippen molar-refractivity contribution < 1.29 is 4.39 Å². The summed E-state index contributed by atoms with van der Waals surface area (Å²) in [4.78, 5) is 1.14. The first-order valence-corrected chi connectivity index (χ1v) is 7.35. The zero-order chi connectivity index (χ0) is 13.7. The van der Waals surface area contributed by atoms with Crippen molar-refractivity contribution in [2.24, 2.45) is 0 Å². The minimum atomic E-state index is -0.244. The first kappa shape index (κ1) is 14.4. The molecule has 0 aliphatic carbocycles. The second kappa shape index (κ2) is 6.94. The Morgan fingerprint density at radius 3 is 2.79 bits per heavy atom. The molecule has 0 unspecified atom stereocenters. The smallest absolute Gasteiger partial charge is 0.128 e. The van der Waals surface area contributed by atoms with Crippen molar-refractivity contribution in [3.63, 3.8) is 0 Å². The van der Waals surface area contributed by atoms with Gasteiger partial charge in [0.2, 0.25) is 0 Å². The molecule has 1 nitrogen and oxygen atoms in total. The highest BCUT2D eigenvalue weighted by atomic mass is 35.5. The predicted octanol–water partition coefficient (Wildman–Crippen LogP) is 4.49. The Balaban J connectivity index is 2.03. The Morgan fingerprint density at radius 1 is 1.21 bits per heavy atom. The van der Waals surface area contributed by atoms with Gasteiger partial charge in [-0.05, 0) is 42.4 Å². The monoisotopic (exact) mass is 295 g/mol. The van der Waals surface area contributed by atoms with Crippen LogP contribution in [0.2, 0.25) is 5.02 Å². The molecular weight excluding hydrogens is 281 g/mol. The van der Waals surface area contributed by atoms with Gasteiger partial charge in [0.25, 0.3) is 0 Å². The number of hydrogen-bond donors (Lipinski definition) is 1. The Bertz CT molecular complexity index is 560. The average Bonchev–Trinajstić information content (AvgIpc) is 2.38. The quantitative estimate of drug-likeness (QED) is 0.816. The Labute approximate surface area is 122 Å². The third-order valence-electron chi connectivity index (χ3n) is 2.69. The van der Waals surface area contributed by atoms with Crippen LogP contribution in [-0.4, -0.2) is 7.05 Å². The van der Waals surface area contributed by atoms with Gasteiger partial charge < -0.3 is 5.32 Å². The van der Waals surface area contributed by atoms with Gasteiger partial charge in [-0.2, -0.15) is 0 Å². The van der Waals surface area contributed by atoms with Crippen molar-refractivity contribution in [2.75, 3.05) is 7.05 Å². The van der Waals surface area contributed by atoms with Crippen molar-refractivity contribution in [3.05, 3.63) is 64.4 Å². The largest absolute Gasteiger partial charge is 0.316 e. The molecule has 0 heterocycles. The fourth-order valence-corrected chi connectivity index (χ4v) is 2.87. The van der Waals surface area contributed by atoms with Gasteiger partial charge in [0, 0.05) is 22.2 Å². The van der Waals surface area contributed by atoms with E-state index in [2.05, 4.69) is 17.4 Å². The van der Waals surface area contributed by atoms with Gasteiger partial charge >= 0.3 is 0 Å². The summed E-state index contributed by atoms with van der Waals surface area (Å²) < 4.78 is 13.6. The average molecular weight is 296 g/mol. The molecule has 0 radical (unpaired) electrons. The maximum Gasteiger partial charge on any atom is 0.128 e. The fourth-order valence-electron chi connectivity index (χ4n) is 1.75. The molecule has 0 fully saturated rings. The van der Waals surface area contributed by atoms with Crippen molar-refractivity contribution in [1.29, 1.82) is 0 Å². The lowest BCUT2D eigenvalue weighted by Gasteiger charge is -2.06. The Hall–Kier alpha value is -1.03. The van der Waals surface area contributed by atoms with E-state index in [1.54, 1.807) is 23.9 Å². The SMILES string of the molecule is CNCc1cccc(SCc2ccc(Cl)cc2F)c1. The first-order valence-electron chi connectivity index (χ1n) is 5.99. The summed E-state index contributed by atoms with van der Waals surface area (Å²) in [6, 6.07) is 13.1. The van der Waals surface area contributed by atoms with Crippen molar-refractivity contribution in [1.82, 2.24) is 5.32 Å². The number of thioether (sulfide) groups is 1. The minimum Gasteiger partial charge on any atom is -0.316 e. The molecule has 0 saturated heterocycles. The number of halogens is 2. The van der Waals surface area contributed by atoms with Crippen LogP contribution in [0.5, 0.6) is 0 Å². The van der Waals surface area contributed by atoms with Crippen LogP contribution in [0.1, 0.15) is 11.1 Å². The lowest BCUT2D eigenvalue weighted by atomic mass is 10.2. The van der Waals surface area contributed by atoms with E-state index in [9.17, 15) is 4.39 Å². The molecule has 2 aromatic carbocycles. The van der Waals surface area contributed by atoms with Crippen molar-refractivity contribution in [3.8, 4) is 0 Å². The molecule has 0 spiro atoms. The maximum atomic E-state index is 13.6. The van der Waals surface area contributed by atoms with Gasteiger partial charge in [-0.25, -0.2) is 4.39 Å². The molecule has 1 N–H and O–H groups in total. The van der Waals surface area contributed by atoms with Gasteiger partial charge in [0.1, 0.15) is 5.82 Å². The summed E-state index contributed by atoms with van der Waals surface area (Å²) in [6.45, 7) is 0.837. The summed E-state index contributed by atoms with van der Waals surface area (Å²) in [5.74, 6) is 0.359. The van der Waals surface area contributed by atoms with E-state index in [1.807, 2.05) is 19.2 Å². The summed E-state index contributed by atoms with van der Waals surface area (Å²) in [5.41, 5.74) is 1.90. The standard InChI is InChI=1S/C15H15ClFNS/c1-18-9-11-3-2-4-14(7-11)19-10-12-5-6-13(16)8-15(12)17/h2-8,18H,9-10H2,1H3. The predicted molar refractivity (Wildman–Crippen MR) is 80.2 cm³/mol. The molecule has 19 heavy (non-hydrogen) atoms. The normalized spacial score (nSPS) is 10.7. The fraction of sp³-hybridized carbons (Fsp3) is 0.200. The number of rotatable bonds is 5. The lowest BCUT2D eigenvalue weighted by molar-refractivity contribution is 0.617. The number of nitrogens with one attached hydrogen (secondary N) is 1. The van der Waals surface area contributed by atoms with E-state index >= 15 is 0 Å². The Morgan fingerprint density at radius 2 is 2.05 bits per heavy atom. The van der Waals surface area contributed by atoms with Crippen LogP contribution in [0.15, 0.2) is 47.4 Å². The number of benzene rings is 2. The van der Waals surface area contributed by atoms with Crippen LogP contribution in [0.3, 0.4) is 0 Å². The van der Waals surface area contributed by atoms with E-state index in [-0.39, 0.29) is 5.82 Å². The van der Waals surface area contributed by atoms with E-state index in [0.29, 0.717) is 16.3 Å². The lowest BCUT2D eigenvalue weighted by Crippen LogP contribution is -2.04. The first-order chi connectivity index (χ1) is 9.19. The molecule has 0 amide bonds. The highest BCUT2D eigenvalue weighted by molar-refractivity contribution is 7.98. The molecule has 4 heteroatoms. The van der Waals surface area contributed by atoms with Gasteiger partial charge in [0.05, 0.1) is 0 Å². The van der Waals surface area contributed by atoms with Crippen LogP contribution < -0.4 is 5.32 Å². The second-order valence-electron chi connectivity index (χ2n) is 4.20. The third kappa shape index (κ3) is 4.23. The minimum absolute atomic E-state index is 0.244. The van der Waals surface area contributed by atoms with Crippen molar-refractivity contribution >= 4 is 23.4 Å². The van der Waals surface area contributed by atoms with Crippen LogP contribution in [0.4, 0.5) is 4.39 Å². The van der Waals surface area contributed by atoms with E-state index in [1.165, 1.54) is 11.6 Å². The Kier molecular flexibility index (Phi) is 5.25. The molecule has 100 valence electrons. The van der Waals surface area contributed by atoms with Crippen LogP contribution in [-0.2, 0) is 12.3 Å². The van der Waals surface area contributed by atoms with Crippen LogP contribution >= 0.6 is 23.4 Å². The van der Waals surface area contributed by atoms with Crippen molar-refractivity contribution in [2.45, 2.75) is 17.2 Å². The molecule has 2 rings (SSSR count). The second-order valence-corrected chi connectivity index (χ2v) is 5.69. The molecule has 0 atom stereocenters. The van der Waals surface area contributed by atoms with Gasteiger partial charge in [-0.3, -0.25) is 0 Å². The van der Waals surface area contributed by atoms with Crippen LogP contribution in [0.25, 0.3) is 0 Å². The highest BCUT2D eigenvalue weighted by Gasteiger charge is 2.04. The van der Waals surface area contributed by atoms with E-state index in [0.717, 1.165) is 11.4 Å². The zero-order valence-electron chi connectivity index (χ0n) is 10.6. The summed E-state index contributed by atoms with van der Waals surface area (Å²) >= 11 is 7.36.